The molecule has 0 saturated carbocycles. The number of fused-ring (bicyclic) bond motifs is 1. The molecule has 0 bridgehead atoms. The lowest BCUT2D eigenvalue weighted by molar-refractivity contribution is 0.0608. The molecule has 36 heavy (non-hydrogen) atoms. The van der Waals surface area contributed by atoms with Crippen LogP contribution >= 0.6 is 0 Å². The van der Waals surface area contributed by atoms with Gasteiger partial charge in [-0.15, -0.1) is 0 Å². The molecular formula is C30H30N4O2. The first-order valence-corrected chi connectivity index (χ1v) is 12.1. The highest BCUT2D eigenvalue weighted by molar-refractivity contribution is 6.02. The Bertz CT molecular complexity index is 1360. The monoisotopic (exact) mass is 478 g/mol. The first-order valence-electron chi connectivity index (χ1n) is 12.1. The van der Waals surface area contributed by atoms with Gasteiger partial charge in [-0.3, -0.25) is 0 Å². The third-order valence-corrected chi connectivity index (χ3v) is 6.41. The number of oxime groups is 1. The zero-order valence-corrected chi connectivity index (χ0v) is 20.6. The lowest BCUT2D eigenvalue weighted by atomic mass is 10.0. The molecule has 0 saturated heterocycles. The minimum absolute atomic E-state index is 0.164. The quantitative estimate of drug-likeness (QED) is 0.347. The van der Waals surface area contributed by atoms with E-state index in [1.165, 1.54) is 0 Å². The lowest BCUT2D eigenvalue weighted by Crippen LogP contribution is -2.40. The van der Waals surface area contributed by atoms with Gasteiger partial charge in [-0.1, -0.05) is 84.0 Å². The van der Waals surface area contributed by atoms with Crippen molar-refractivity contribution in [2.45, 2.75) is 19.1 Å². The van der Waals surface area contributed by atoms with E-state index in [1.807, 2.05) is 86.9 Å². The third kappa shape index (κ3) is 5.33. The largest absolute Gasteiger partial charge is 0.390 e. The maximum Gasteiger partial charge on any atom is 0.322 e. The number of benzene rings is 4. The average molecular weight is 479 g/mol. The summed E-state index contributed by atoms with van der Waals surface area (Å²) in [6.45, 7) is 0.901. The predicted octanol–water partition coefficient (Wildman–Crippen LogP) is 6.13. The summed E-state index contributed by atoms with van der Waals surface area (Å²) in [4.78, 5) is 23.2. The number of hydrogen-bond donors (Lipinski definition) is 1. The summed E-state index contributed by atoms with van der Waals surface area (Å²) in [5.41, 5.74) is 4.93. The molecule has 1 aliphatic rings. The number of hydrogen-bond acceptors (Lipinski definition) is 4. The summed E-state index contributed by atoms with van der Waals surface area (Å²) >= 11 is 0. The number of amides is 2. The molecule has 0 radical (unpaired) electrons. The Hall–Kier alpha value is -4.32. The Kier molecular flexibility index (Phi) is 6.85. The fourth-order valence-corrected chi connectivity index (χ4v) is 4.45. The molecule has 4 aromatic rings. The van der Waals surface area contributed by atoms with Gasteiger partial charge in [0.15, 0.2) is 6.10 Å². The Morgan fingerprint density at radius 1 is 0.917 bits per heavy atom. The second-order valence-electron chi connectivity index (χ2n) is 9.23. The normalized spacial score (nSPS) is 14.7. The summed E-state index contributed by atoms with van der Waals surface area (Å²) in [7, 11) is 4.04. The van der Waals surface area contributed by atoms with Gasteiger partial charge in [-0.2, -0.15) is 0 Å². The topological polar surface area (TPSA) is 57.2 Å². The average Bonchev–Trinajstić information content (AvgIpc) is 3.38. The van der Waals surface area contributed by atoms with Crippen LogP contribution in [0.4, 0.5) is 16.2 Å². The highest BCUT2D eigenvalue weighted by atomic mass is 16.6. The van der Waals surface area contributed by atoms with E-state index in [1.54, 1.807) is 4.90 Å². The second-order valence-corrected chi connectivity index (χ2v) is 9.23. The maximum atomic E-state index is 13.5. The summed E-state index contributed by atoms with van der Waals surface area (Å²) in [5.74, 6) is 0. The molecule has 1 aliphatic heterocycles. The second kappa shape index (κ2) is 10.5. The van der Waals surface area contributed by atoms with Crippen molar-refractivity contribution in [1.29, 1.82) is 0 Å². The van der Waals surface area contributed by atoms with Crippen LogP contribution in [-0.4, -0.2) is 43.4 Å². The fourth-order valence-electron chi connectivity index (χ4n) is 4.45. The van der Waals surface area contributed by atoms with E-state index in [0.29, 0.717) is 19.5 Å². The number of nitrogens with one attached hydrogen (secondary N) is 1. The van der Waals surface area contributed by atoms with E-state index in [0.717, 1.165) is 39.0 Å². The van der Waals surface area contributed by atoms with Crippen molar-refractivity contribution in [3.05, 3.63) is 108 Å². The molecule has 0 spiro atoms. The van der Waals surface area contributed by atoms with Crippen LogP contribution in [0.3, 0.4) is 0 Å². The first kappa shape index (κ1) is 23.4. The van der Waals surface area contributed by atoms with Gasteiger partial charge >= 0.3 is 6.03 Å². The standard InChI is InChI=1S/C30H30N4O2/c1-33(2)25-17-15-24(16-18-25)29-19-26(36-32-29)21-34(20-22-9-4-3-5-10-22)30(35)31-28-14-8-12-23-11-6-7-13-27(23)28/h3-18,26H,19-21H2,1-2H3,(H,31,35)/t26-/m1/s1. The molecule has 5 rings (SSSR count). The van der Waals surface area contributed by atoms with Gasteiger partial charge in [0, 0.05) is 38.1 Å². The number of rotatable bonds is 7. The van der Waals surface area contributed by atoms with Crippen molar-refractivity contribution in [3.8, 4) is 0 Å². The molecule has 2 amide bonds. The van der Waals surface area contributed by atoms with Crippen LogP contribution in [0, 0.1) is 0 Å². The number of nitrogens with zero attached hydrogens (tertiary/aromatic N) is 3. The summed E-state index contributed by atoms with van der Waals surface area (Å²) in [6, 6.07) is 32.1. The van der Waals surface area contributed by atoms with Crippen molar-refractivity contribution in [3.63, 3.8) is 0 Å². The molecule has 6 heteroatoms. The van der Waals surface area contributed by atoms with Crippen molar-refractivity contribution >= 4 is 33.9 Å². The predicted molar refractivity (Wildman–Crippen MR) is 147 cm³/mol. The van der Waals surface area contributed by atoms with Crippen molar-refractivity contribution in [1.82, 2.24) is 4.90 Å². The molecule has 6 nitrogen and oxygen atoms in total. The van der Waals surface area contributed by atoms with Crippen molar-refractivity contribution in [2.75, 3.05) is 30.9 Å². The SMILES string of the molecule is CN(C)c1ccc(C2=NO[C@@H](CN(Cc3ccccc3)C(=O)Nc3cccc4ccccc34)C2)cc1. The zero-order valence-electron chi connectivity index (χ0n) is 20.6. The van der Waals surface area contributed by atoms with Crippen LogP contribution in [0.25, 0.3) is 10.8 Å². The van der Waals surface area contributed by atoms with E-state index in [4.69, 9.17) is 4.84 Å². The summed E-state index contributed by atoms with van der Waals surface area (Å²) in [6.07, 6.45) is 0.434. The van der Waals surface area contributed by atoms with E-state index in [-0.39, 0.29) is 12.1 Å². The van der Waals surface area contributed by atoms with Gasteiger partial charge in [-0.05, 0) is 34.7 Å². The summed E-state index contributed by atoms with van der Waals surface area (Å²) in [5, 5.41) is 9.58. The van der Waals surface area contributed by atoms with Crippen molar-refractivity contribution in [2.24, 2.45) is 5.16 Å². The van der Waals surface area contributed by atoms with Gasteiger partial charge in [0.1, 0.15) is 0 Å². The molecular weight excluding hydrogens is 448 g/mol. The van der Waals surface area contributed by atoms with Crippen LogP contribution < -0.4 is 10.2 Å². The Morgan fingerprint density at radius 3 is 2.42 bits per heavy atom. The molecule has 1 N–H and O–H groups in total. The third-order valence-electron chi connectivity index (χ3n) is 6.41. The molecule has 1 atom stereocenters. The molecule has 0 aromatic heterocycles. The van der Waals surface area contributed by atoms with Crippen LogP contribution in [-0.2, 0) is 11.4 Å². The highest BCUT2D eigenvalue weighted by Gasteiger charge is 2.27. The zero-order chi connectivity index (χ0) is 24.9. The van der Waals surface area contributed by atoms with Gasteiger partial charge < -0.3 is 20.0 Å². The Morgan fingerprint density at radius 2 is 1.64 bits per heavy atom. The smallest absolute Gasteiger partial charge is 0.322 e. The Balaban J connectivity index is 1.31. The minimum atomic E-state index is -0.212. The van der Waals surface area contributed by atoms with Gasteiger partial charge in [-0.25, -0.2) is 4.79 Å². The van der Waals surface area contributed by atoms with Crippen LogP contribution in [0.1, 0.15) is 17.5 Å². The number of urea groups is 1. The van der Waals surface area contributed by atoms with Gasteiger partial charge in [0.25, 0.3) is 0 Å². The molecule has 182 valence electrons. The molecule has 0 unspecified atom stereocenters. The maximum absolute atomic E-state index is 13.5. The number of carbonyl (C=O) groups is 1. The first-order chi connectivity index (χ1) is 17.6. The van der Waals surface area contributed by atoms with E-state index >= 15 is 0 Å². The van der Waals surface area contributed by atoms with E-state index < -0.39 is 0 Å². The summed E-state index contributed by atoms with van der Waals surface area (Å²) < 4.78 is 0. The lowest BCUT2D eigenvalue weighted by Gasteiger charge is -2.25. The minimum Gasteiger partial charge on any atom is -0.390 e. The van der Waals surface area contributed by atoms with Crippen LogP contribution in [0.5, 0.6) is 0 Å². The molecule has 0 fully saturated rings. The van der Waals surface area contributed by atoms with E-state index in [2.05, 4.69) is 39.6 Å². The van der Waals surface area contributed by atoms with Gasteiger partial charge in [0.2, 0.25) is 0 Å². The van der Waals surface area contributed by atoms with Gasteiger partial charge in [0.05, 0.1) is 17.9 Å². The van der Waals surface area contributed by atoms with Crippen LogP contribution in [0.2, 0.25) is 0 Å². The number of carbonyl (C=O) groups excluding carboxylic acids is 1. The molecule has 4 aromatic carbocycles. The molecule has 0 aliphatic carbocycles. The fraction of sp³-hybridized carbons (Fsp3) is 0.200. The highest BCUT2D eigenvalue weighted by Crippen LogP contribution is 2.25. The van der Waals surface area contributed by atoms with Crippen LogP contribution in [0.15, 0.2) is 102 Å². The van der Waals surface area contributed by atoms with Crippen molar-refractivity contribution < 1.29 is 9.63 Å². The molecule has 1 heterocycles. The van der Waals surface area contributed by atoms with E-state index in [9.17, 15) is 4.79 Å². The Labute approximate surface area is 211 Å². The number of anilines is 2.